The van der Waals surface area contributed by atoms with Gasteiger partial charge in [-0.05, 0) is 31.9 Å². The van der Waals surface area contributed by atoms with Gasteiger partial charge in [0.1, 0.15) is 23.9 Å². The van der Waals surface area contributed by atoms with Crippen molar-refractivity contribution in [3.8, 4) is 11.5 Å². The van der Waals surface area contributed by atoms with Gasteiger partial charge in [-0.3, -0.25) is 14.5 Å². The van der Waals surface area contributed by atoms with Crippen LogP contribution in [0.1, 0.15) is 40.7 Å². The number of nitrogens with zero attached hydrogens (tertiary/aromatic N) is 1. The predicted octanol–water partition coefficient (Wildman–Crippen LogP) is 2.26. The number of ketones is 1. The molecule has 2 aromatic rings. The first kappa shape index (κ1) is 24.9. The zero-order chi connectivity index (χ0) is 23.8. The molecule has 0 aliphatic carbocycles. The second-order valence-electron chi connectivity index (χ2n) is 8.06. The fourth-order valence-corrected chi connectivity index (χ4v) is 4.02. The van der Waals surface area contributed by atoms with Crippen molar-refractivity contribution >= 4 is 23.0 Å². The summed E-state index contributed by atoms with van der Waals surface area (Å²) in [5, 5.41) is 10.6. The van der Waals surface area contributed by atoms with E-state index in [-0.39, 0.29) is 47.9 Å². The molecule has 0 spiro atoms. The highest BCUT2D eigenvalue weighted by Gasteiger charge is 2.21. The summed E-state index contributed by atoms with van der Waals surface area (Å²) >= 11 is 0. The zero-order valence-electron chi connectivity index (χ0n) is 19.2. The molecule has 180 valence electrons. The van der Waals surface area contributed by atoms with E-state index in [9.17, 15) is 19.5 Å². The van der Waals surface area contributed by atoms with E-state index in [0.717, 1.165) is 39.3 Å². The van der Waals surface area contributed by atoms with Gasteiger partial charge in [0, 0.05) is 44.7 Å². The Morgan fingerprint density at radius 2 is 2.00 bits per heavy atom. The smallest absolute Gasteiger partial charge is 0.339 e. The normalized spacial score (nSPS) is 14.5. The summed E-state index contributed by atoms with van der Waals surface area (Å²) in [5.41, 5.74) is 0.161. The van der Waals surface area contributed by atoms with Crippen molar-refractivity contribution in [2.75, 3.05) is 53.2 Å². The minimum atomic E-state index is -0.627. The Labute approximate surface area is 192 Å². The van der Waals surface area contributed by atoms with Crippen LogP contribution in [-0.2, 0) is 20.7 Å². The molecule has 0 saturated carbocycles. The Bertz CT molecular complexity index is 1040. The van der Waals surface area contributed by atoms with Crippen molar-refractivity contribution in [2.45, 2.75) is 32.6 Å². The topological polar surface area (TPSA) is 116 Å². The van der Waals surface area contributed by atoms with Crippen LogP contribution in [0.25, 0.3) is 11.0 Å². The molecule has 0 atom stereocenters. The molecule has 3 rings (SSSR count). The lowest BCUT2D eigenvalue weighted by atomic mass is 9.98. The van der Waals surface area contributed by atoms with E-state index < -0.39 is 5.63 Å². The van der Waals surface area contributed by atoms with Crippen molar-refractivity contribution < 1.29 is 33.3 Å². The molecule has 2 heterocycles. The van der Waals surface area contributed by atoms with Gasteiger partial charge in [0.05, 0.1) is 30.8 Å². The number of aryl methyl sites for hydroxylation is 1. The molecule has 1 saturated heterocycles. The fraction of sp³-hybridized carbons (Fsp3) is 0.542. The Hall–Kier alpha value is -2.75. The molecule has 33 heavy (non-hydrogen) atoms. The minimum absolute atomic E-state index is 0.0273. The number of methoxy groups -OCH3 is 1. The van der Waals surface area contributed by atoms with E-state index in [0.29, 0.717) is 35.8 Å². The number of aromatic hydroxyl groups is 1. The maximum absolute atomic E-state index is 12.7. The van der Waals surface area contributed by atoms with Crippen molar-refractivity contribution in [1.82, 2.24) is 4.90 Å². The molecule has 0 bridgehead atoms. The first-order valence-corrected chi connectivity index (χ1v) is 11.2. The first-order valence-electron chi connectivity index (χ1n) is 11.2. The lowest BCUT2D eigenvalue weighted by Gasteiger charge is -2.26. The summed E-state index contributed by atoms with van der Waals surface area (Å²) in [6.45, 7) is 6.34. The molecule has 0 amide bonds. The summed E-state index contributed by atoms with van der Waals surface area (Å²) < 4.78 is 21.5. The van der Waals surface area contributed by atoms with Crippen LogP contribution in [0.4, 0.5) is 0 Å². The summed E-state index contributed by atoms with van der Waals surface area (Å²) in [7, 11) is 1.54. The average Bonchev–Trinajstić information content (AvgIpc) is 2.79. The van der Waals surface area contributed by atoms with E-state index in [1.54, 1.807) is 6.92 Å². The predicted molar refractivity (Wildman–Crippen MR) is 121 cm³/mol. The van der Waals surface area contributed by atoms with Gasteiger partial charge in [-0.2, -0.15) is 0 Å². The number of Topliss-reactive ketones (excluding diaryl/α,β-unsaturated/α-hetero) is 1. The number of fused-ring (bicyclic) bond motifs is 1. The van der Waals surface area contributed by atoms with Gasteiger partial charge < -0.3 is 23.7 Å². The summed E-state index contributed by atoms with van der Waals surface area (Å²) in [4.78, 5) is 38.9. The number of carbonyl (C=O) groups is 2. The van der Waals surface area contributed by atoms with Crippen LogP contribution in [0.15, 0.2) is 15.3 Å². The highest BCUT2D eigenvalue weighted by Crippen LogP contribution is 2.37. The zero-order valence-corrected chi connectivity index (χ0v) is 19.2. The van der Waals surface area contributed by atoms with Crippen molar-refractivity contribution in [2.24, 2.45) is 0 Å². The van der Waals surface area contributed by atoms with Crippen LogP contribution in [0.5, 0.6) is 11.5 Å². The number of hydrogen-bond donors (Lipinski definition) is 1. The molecule has 9 heteroatoms. The van der Waals surface area contributed by atoms with Crippen LogP contribution in [0.2, 0.25) is 0 Å². The number of carbonyl (C=O) groups excluding carboxylic acids is 2. The molecular formula is C24H31NO8. The van der Waals surface area contributed by atoms with Crippen molar-refractivity contribution in [3.63, 3.8) is 0 Å². The molecule has 1 fully saturated rings. The van der Waals surface area contributed by atoms with Gasteiger partial charge in [-0.25, -0.2) is 4.79 Å². The maximum atomic E-state index is 12.7. The van der Waals surface area contributed by atoms with Crippen LogP contribution in [-0.4, -0.2) is 75.2 Å². The monoisotopic (exact) mass is 461 g/mol. The number of phenolic OH excluding ortho intramolecular Hbond substituents is 1. The highest BCUT2D eigenvalue weighted by molar-refractivity contribution is 6.01. The van der Waals surface area contributed by atoms with Crippen LogP contribution >= 0.6 is 0 Å². The van der Waals surface area contributed by atoms with E-state index >= 15 is 0 Å². The molecule has 1 aliphatic heterocycles. The van der Waals surface area contributed by atoms with Gasteiger partial charge >= 0.3 is 5.63 Å². The molecule has 0 unspecified atom stereocenters. The minimum Gasteiger partial charge on any atom is -0.507 e. The van der Waals surface area contributed by atoms with E-state index in [1.165, 1.54) is 13.2 Å². The lowest BCUT2D eigenvalue weighted by molar-refractivity contribution is -0.119. The first-order chi connectivity index (χ1) is 16.0. The van der Waals surface area contributed by atoms with Gasteiger partial charge in [0.25, 0.3) is 0 Å². The quantitative estimate of drug-likeness (QED) is 0.289. The van der Waals surface area contributed by atoms with Crippen LogP contribution in [0.3, 0.4) is 0 Å². The number of hydrogen-bond acceptors (Lipinski definition) is 9. The molecular weight excluding hydrogens is 430 g/mol. The maximum Gasteiger partial charge on any atom is 0.339 e. The number of morpholine rings is 1. The van der Waals surface area contributed by atoms with Gasteiger partial charge in [-0.1, -0.05) is 0 Å². The Balaban J connectivity index is 1.76. The Morgan fingerprint density at radius 3 is 2.70 bits per heavy atom. The van der Waals surface area contributed by atoms with Gasteiger partial charge in [0.2, 0.25) is 0 Å². The number of phenols is 1. The summed E-state index contributed by atoms with van der Waals surface area (Å²) in [6.07, 6.45) is 2.11. The molecule has 0 radical (unpaired) electrons. The Kier molecular flexibility index (Phi) is 8.99. The molecule has 1 N–H and O–H groups in total. The number of ether oxygens (including phenoxy) is 3. The molecule has 9 nitrogen and oxygen atoms in total. The molecule has 1 aliphatic rings. The Morgan fingerprint density at radius 1 is 1.24 bits per heavy atom. The van der Waals surface area contributed by atoms with Gasteiger partial charge in [0.15, 0.2) is 11.9 Å². The standard InChI is InChI=1S/C24H31NO8/c1-16-18(6-5-17(27)4-3-7-25-8-10-31-11-9-25)24(29)33-23-19(15-26)20(28)14-21(22(16)23)32-13-12-30-2/h14-15,28H,3-13H2,1-2H3. The van der Waals surface area contributed by atoms with Gasteiger partial charge in [-0.15, -0.1) is 0 Å². The third-order valence-electron chi connectivity index (χ3n) is 5.88. The van der Waals surface area contributed by atoms with Crippen LogP contribution < -0.4 is 10.4 Å². The van der Waals surface area contributed by atoms with E-state index in [4.69, 9.17) is 18.6 Å². The third-order valence-corrected chi connectivity index (χ3v) is 5.88. The third kappa shape index (κ3) is 6.19. The molecule has 1 aromatic carbocycles. The number of rotatable bonds is 12. The SMILES string of the molecule is COCCOc1cc(O)c(C=O)c2oc(=O)c(CCC(=O)CCCN3CCOCC3)c(C)c12. The second kappa shape index (κ2) is 11.9. The van der Waals surface area contributed by atoms with Crippen molar-refractivity contribution in [3.05, 3.63) is 33.2 Å². The van der Waals surface area contributed by atoms with E-state index in [2.05, 4.69) is 4.90 Å². The molecule has 1 aromatic heterocycles. The highest BCUT2D eigenvalue weighted by atomic mass is 16.5. The number of benzene rings is 1. The average molecular weight is 462 g/mol. The van der Waals surface area contributed by atoms with Crippen molar-refractivity contribution in [1.29, 1.82) is 0 Å². The fourth-order valence-electron chi connectivity index (χ4n) is 4.02. The second-order valence-corrected chi connectivity index (χ2v) is 8.06. The van der Waals surface area contributed by atoms with Crippen LogP contribution in [0, 0.1) is 6.92 Å². The number of aldehydes is 1. The van der Waals surface area contributed by atoms with E-state index in [1.807, 2.05) is 0 Å². The summed E-state index contributed by atoms with van der Waals surface area (Å²) in [6, 6.07) is 1.33. The largest absolute Gasteiger partial charge is 0.507 e. The lowest BCUT2D eigenvalue weighted by Crippen LogP contribution is -2.36. The summed E-state index contributed by atoms with van der Waals surface area (Å²) in [5.74, 6) is 0.0261.